The summed E-state index contributed by atoms with van der Waals surface area (Å²) in [7, 11) is 3.57. The Morgan fingerprint density at radius 2 is 2.00 bits per heavy atom. The van der Waals surface area contributed by atoms with Crippen molar-refractivity contribution in [1.82, 2.24) is 5.32 Å². The molecular formula is C18H20FN3O. The molecule has 0 bridgehead atoms. The van der Waals surface area contributed by atoms with E-state index in [0.717, 1.165) is 11.3 Å². The molecule has 0 aliphatic heterocycles. The lowest BCUT2D eigenvalue weighted by Crippen LogP contribution is -2.03. The third kappa shape index (κ3) is 4.32. The van der Waals surface area contributed by atoms with Crippen molar-refractivity contribution in [3.8, 4) is 5.75 Å². The van der Waals surface area contributed by atoms with Gasteiger partial charge >= 0.3 is 0 Å². The van der Waals surface area contributed by atoms with Gasteiger partial charge in [0.15, 0.2) is 11.6 Å². The maximum absolute atomic E-state index is 14.1. The highest BCUT2D eigenvalue weighted by Gasteiger charge is 2.08. The molecular weight excluding hydrogens is 293 g/mol. The number of halogens is 1. The van der Waals surface area contributed by atoms with E-state index in [-0.39, 0.29) is 18.1 Å². The number of hydrogen-bond donors (Lipinski definition) is 3. The molecule has 0 spiro atoms. The monoisotopic (exact) mass is 313 g/mol. The van der Waals surface area contributed by atoms with E-state index < -0.39 is 5.82 Å². The first-order valence-electron chi connectivity index (χ1n) is 7.26. The number of hydrogen-bond acceptors (Lipinski definition) is 4. The molecule has 0 aromatic heterocycles. The van der Waals surface area contributed by atoms with Crippen LogP contribution in [0, 0.1) is 11.2 Å². The average Bonchev–Trinajstić information content (AvgIpc) is 2.58. The molecule has 2 aromatic carbocycles. The quantitative estimate of drug-likeness (QED) is 0.685. The molecule has 0 aliphatic rings. The van der Waals surface area contributed by atoms with E-state index in [1.807, 2.05) is 31.3 Å². The number of benzene rings is 2. The van der Waals surface area contributed by atoms with E-state index >= 15 is 0 Å². The second kappa shape index (κ2) is 7.98. The molecule has 0 atom stereocenters. The SMILES string of the molecule is CN/C=C\C(=N)c1ccc(OCc2ccccc2NC)c(F)c1. The lowest BCUT2D eigenvalue weighted by Gasteiger charge is -2.11. The number of ether oxygens (including phenoxy) is 1. The third-order valence-corrected chi connectivity index (χ3v) is 3.33. The van der Waals surface area contributed by atoms with Gasteiger partial charge in [0.2, 0.25) is 0 Å². The van der Waals surface area contributed by atoms with Crippen LogP contribution in [-0.4, -0.2) is 19.8 Å². The molecule has 120 valence electrons. The zero-order valence-electron chi connectivity index (χ0n) is 13.2. The second-order valence-corrected chi connectivity index (χ2v) is 4.88. The van der Waals surface area contributed by atoms with Crippen LogP contribution < -0.4 is 15.4 Å². The first-order chi connectivity index (χ1) is 11.2. The number of nitrogens with one attached hydrogen (secondary N) is 3. The second-order valence-electron chi connectivity index (χ2n) is 4.88. The van der Waals surface area contributed by atoms with Crippen molar-refractivity contribution in [2.45, 2.75) is 6.61 Å². The molecule has 0 fully saturated rings. The summed E-state index contributed by atoms with van der Waals surface area (Å²) in [4.78, 5) is 0. The minimum atomic E-state index is -0.480. The molecule has 0 amide bonds. The number of anilines is 1. The predicted molar refractivity (Wildman–Crippen MR) is 91.7 cm³/mol. The van der Waals surface area contributed by atoms with Gasteiger partial charge in [-0.25, -0.2) is 4.39 Å². The van der Waals surface area contributed by atoms with E-state index in [4.69, 9.17) is 10.1 Å². The fourth-order valence-electron chi connectivity index (χ4n) is 2.09. The summed E-state index contributed by atoms with van der Waals surface area (Å²) in [6, 6.07) is 12.2. The summed E-state index contributed by atoms with van der Waals surface area (Å²) < 4.78 is 19.7. The number of allylic oxidation sites excluding steroid dienone is 1. The van der Waals surface area contributed by atoms with Gasteiger partial charge in [0.1, 0.15) is 6.61 Å². The van der Waals surface area contributed by atoms with E-state index in [9.17, 15) is 4.39 Å². The highest BCUT2D eigenvalue weighted by Crippen LogP contribution is 2.22. The van der Waals surface area contributed by atoms with Crippen LogP contribution in [0.4, 0.5) is 10.1 Å². The van der Waals surface area contributed by atoms with Gasteiger partial charge in [0, 0.05) is 30.9 Å². The Labute approximate surface area is 135 Å². The molecule has 23 heavy (non-hydrogen) atoms. The normalized spacial score (nSPS) is 10.6. The van der Waals surface area contributed by atoms with Gasteiger partial charge in [-0.3, -0.25) is 0 Å². The van der Waals surface area contributed by atoms with Gasteiger partial charge in [-0.2, -0.15) is 0 Å². The van der Waals surface area contributed by atoms with Crippen LogP contribution in [0.2, 0.25) is 0 Å². The zero-order valence-corrected chi connectivity index (χ0v) is 13.2. The van der Waals surface area contributed by atoms with E-state index in [0.29, 0.717) is 5.56 Å². The molecule has 0 saturated heterocycles. The lowest BCUT2D eigenvalue weighted by atomic mass is 10.1. The molecule has 0 radical (unpaired) electrons. The van der Waals surface area contributed by atoms with Crippen molar-refractivity contribution in [2.24, 2.45) is 0 Å². The smallest absolute Gasteiger partial charge is 0.165 e. The Kier molecular flexibility index (Phi) is 5.74. The third-order valence-electron chi connectivity index (χ3n) is 3.33. The Bertz CT molecular complexity index is 713. The van der Waals surface area contributed by atoms with Crippen molar-refractivity contribution in [1.29, 1.82) is 5.41 Å². The molecule has 4 nitrogen and oxygen atoms in total. The van der Waals surface area contributed by atoms with Crippen molar-refractivity contribution in [2.75, 3.05) is 19.4 Å². The summed E-state index contributed by atoms with van der Waals surface area (Å²) in [5.41, 5.74) is 2.62. The zero-order chi connectivity index (χ0) is 16.7. The van der Waals surface area contributed by atoms with Crippen LogP contribution >= 0.6 is 0 Å². The fourth-order valence-corrected chi connectivity index (χ4v) is 2.09. The van der Waals surface area contributed by atoms with Crippen LogP contribution in [0.5, 0.6) is 5.75 Å². The van der Waals surface area contributed by atoms with Gasteiger partial charge in [-0.05, 0) is 36.5 Å². The molecule has 0 heterocycles. The van der Waals surface area contributed by atoms with Crippen molar-refractivity contribution in [3.63, 3.8) is 0 Å². The largest absolute Gasteiger partial charge is 0.486 e. The highest BCUT2D eigenvalue weighted by atomic mass is 19.1. The maximum atomic E-state index is 14.1. The summed E-state index contributed by atoms with van der Waals surface area (Å²) in [5.74, 6) is -0.308. The molecule has 5 heteroatoms. The lowest BCUT2D eigenvalue weighted by molar-refractivity contribution is 0.291. The standard InChI is InChI=1S/C18H20FN3O/c1-21-10-9-16(20)13-7-8-18(15(19)11-13)23-12-14-5-3-4-6-17(14)22-2/h3-11,20-22H,12H2,1-2H3/b10-9-,20-16?. The molecule has 0 aliphatic carbocycles. The Hall–Kier alpha value is -2.82. The number of para-hydroxylation sites is 1. The first-order valence-corrected chi connectivity index (χ1v) is 7.26. The van der Waals surface area contributed by atoms with Gasteiger partial charge in [-0.1, -0.05) is 18.2 Å². The van der Waals surface area contributed by atoms with Crippen molar-refractivity contribution < 1.29 is 9.13 Å². The van der Waals surface area contributed by atoms with Crippen LogP contribution in [0.1, 0.15) is 11.1 Å². The average molecular weight is 313 g/mol. The van der Waals surface area contributed by atoms with E-state index in [1.54, 1.807) is 31.5 Å². The molecule has 0 unspecified atom stereocenters. The van der Waals surface area contributed by atoms with Gasteiger partial charge in [-0.15, -0.1) is 0 Å². The highest BCUT2D eigenvalue weighted by molar-refractivity contribution is 6.06. The topological polar surface area (TPSA) is 57.1 Å². The number of rotatable bonds is 7. The molecule has 0 saturated carbocycles. The molecule has 2 rings (SSSR count). The summed E-state index contributed by atoms with van der Waals surface area (Å²) >= 11 is 0. The van der Waals surface area contributed by atoms with E-state index in [1.165, 1.54) is 6.07 Å². The van der Waals surface area contributed by atoms with Crippen LogP contribution in [0.25, 0.3) is 0 Å². The minimum Gasteiger partial charge on any atom is -0.486 e. The maximum Gasteiger partial charge on any atom is 0.165 e. The Morgan fingerprint density at radius 1 is 1.22 bits per heavy atom. The van der Waals surface area contributed by atoms with E-state index in [2.05, 4.69) is 10.6 Å². The van der Waals surface area contributed by atoms with Gasteiger partial charge < -0.3 is 20.8 Å². The van der Waals surface area contributed by atoms with Gasteiger partial charge in [0.25, 0.3) is 0 Å². The van der Waals surface area contributed by atoms with Crippen LogP contribution in [0.3, 0.4) is 0 Å². The first kappa shape index (κ1) is 16.5. The summed E-state index contributed by atoms with van der Waals surface area (Å²) in [5, 5.41) is 13.7. The molecule has 3 N–H and O–H groups in total. The van der Waals surface area contributed by atoms with Gasteiger partial charge in [0.05, 0.1) is 5.71 Å². The fraction of sp³-hybridized carbons (Fsp3) is 0.167. The summed E-state index contributed by atoms with van der Waals surface area (Å²) in [6.07, 6.45) is 3.19. The van der Waals surface area contributed by atoms with Crippen molar-refractivity contribution >= 4 is 11.4 Å². The minimum absolute atomic E-state index is 0.171. The Balaban J connectivity index is 2.09. The predicted octanol–water partition coefficient (Wildman–Crippen LogP) is 3.55. The summed E-state index contributed by atoms with van der Waals surface area (Å²) in [6.45, 7) is 0.268. The van der Waals surface area contributed by atoms with Crippen molar-refractivity contribution in [3.05, 3.63) is 71.7 Å². The Morgan fingerprint density at radius 3 is 2.70 bits per heavy atom. The van der Waals surface area contributed by atoms with Crippen LogP contribution in [0.15, 0.2) is 54.7 Å². The van der Waals surface area contributed by atoms with Crippen LogP contribution in [-0.2, 0) is 6.61 Å². The molecule has 2 aromatic rings.